The van der Waals surface area contributed by atoms with Crippen molar-refractivity contribution in [3.8, 4) is 11.5 Å². The van der Waals surface area contributed by atoms with Gasteiger partial charge in [-0.2, -0.15) is 0 Å². The largest absolute Gasteiger partial charge is 0.494 e. The molecule has 1 heterocycles. The van der Waals surface area contributed by atoms with Crippen LogP contribution in [0.15, 0.2) is 12.1 Å². The first-order chi connectivity index (χ1) is 9.51. The van der Waals surface area contributed by atoms with Crippen LogP contribution in [0.25, 0.3) is 0 Å². The Morgan fingerprint density at radius 3 is 3.00 bits per heavy atom. The van der Waals surface area contributed by atoms with Crippen LogP contribution >= 0.6 is 0 Å². The summed E-state index contributed by atoms with van der Waals surface area (Å²) in [6, 6.07) is 3.36. The van der Waals surface area contributed by atoms with E-state index in [2.05, 4.69) is 5.32 Å². The van der Waals surface area contributed by atoms with E-state index in [1.54, 1.807) is 6.92 Å². The molecule has 1 aromatic rings. The smallest absolute Gasteiger partial charge is 0.320 e. The van der Waals surface area contributed by atoms with Crippen LogP contribution < -0.4 is 14.8 Å². The molecule has 2 atom stereocenters. The maximum atomic E-state index is 10.8. The first-order valence-electron chi connectivity index (χ1n) is 6.92. The first-order valence-corrected chi connectivity index (χ1v) is 6.92. The Labute approximate surface area is 118 Å². The summed E-state index contributed by atoms with van der Waals surface area (Å²) >= 11 is 0. The molecule has 0 aromatic heterocycles. The maximum Gasteiger partial charge on any atom is 0.320 e. The number of hydrogen-bond acceptors (Lipinski definition) is 4. The van der Waals surface area contributed by atoms with Gasteiger partial charge in [-0.1, -0.05) is 0 Å². The minimum Gasteiger partial charge on any atom is -0.494 e. The van der Waals surface area contributed by atoms with Crippen LogP contribution in [0.5, 0.6) is 11.5 Å². The maximum absolute atomic E-state index is 10.8. The minimum absolute atomic E-state index is 0.181. The standard InChI is InChI=1S/C15H21NO4/c1-4-19-13-6-11-5-9(2)20-14(11)7-12(13)8-16-10(3)15(17)18/h6-7,9-10,16H,4-5,8H2,1-3H3,(H,17,18). The fourth-order valence-corrected chi connectivity index (χ4v) is 2.26. The molecule has 0 radical (unpaired) electrons. The second kappa shape index (κ2) is 6.13. The number of carbonyl (C=O) groups is 1. The molecule has 0 fully saturated rings. The summed E-state index contributed by atoms with van der Waals surface area (Å²) in [6.45, 7) is 6.60. The Bertz CT molecular complexity index is 501. The topological polar surface area (TPSA) is 67.8 Å². The molecular weight excluding hydrogens is 258 g/mol. The Morgan fingerprint density at radius 1 is 1.60 bits per heavy atom. The van der Waals surface area contributed by atoms with Crippen LogP contribution in [0.1, 0.15) is 31.9 Å². The van der Waals surface area contributed by atoms with Crippen molar-refractivity contribution in [2.45, 2.75) is 45.9 Å². The lowest BCUT2D eigenvalue weighted by Crippen LogP contribution is -2.33. The van der Waals surface area contributed by atoms with Crippen molar-refractivity contribution < 1.29 is 19.4 Å². The van der Waals surface area contributed by atoms with E-state index in [0.717, 1.165) is 29.0 Å². The minimum atomic E-state index is -0.867. The van der Waals surface area contributed by atoms with Crippen molar-refractivity contribution in [1.29, 1.82) is 0 Å². The first kappa shape index (κ1) is 14.7. The van der Waals surface area contributed by atoms with Crippen molar-refractivity contribution in [3.05, 3.63) is 23.3 Å². The van der Waals surface area contributed by atoms with Gasteiger partial charge in [0.1, 0.15) is 23.6 Å². The van der Waals surface area contributed by atoms with Crippen LogP contribution in [0.4, 0.5) is 0 Å². The van der Waals surface area contributed by atoms with E-state index in [1.165, 1.54) is 0 Å². The summed E-state index contributed by atoms with van der Waals surface area (Å²) in [5.41, 5.74) is 2.07. The molecule has 1 aliphatic heterocycles. The summed E-state index contributed by atoms with van der Waals surface area (Å²) in [4.78, 5) is 10.8. The number of ether oxygens (including phenoxy) is 2. The molecule has 1 aromatic carbocycles. The zero-order chi connectivity index (χ0) is 14.7. The second-order valence-electron chi connectivity index (χ2n) is 5.07. The average Bonchev–Trinajstić information content (AvgIpc) is 2.74. The van der Waals surface area contributed by atoms with E-state index in [4.69, 9.17) is 14.6 Å². The van der Waals surface area contributed by atoms with E-state index in [9.17, 15) is 4.79 Å². The van der Waals surface area contributed by atoms with Gasteiger partial charge in [0.05, 0.1) is 6.61 Å². The molecule has 5 heteroatoms. The summed E-state index contributed by atoms with van der Waals surface area (Å²) in [7, 11) is 0. The van der Waals surface area contributed by atoms with Crippen LogP contribution in [-0.4, -0.2) is 29.8 Å². The van der Waals surface area contributed by atoms with Crippen molar-refractivity contribution in [3.63, 3.8) is 0 Å². The SMILES string of the molecule is CCOc1cc2c(cc1CNC(C)C(=O)O)OC(C)C2. The van der Waals surface area contributed by atoms with Crippen molar-refractivity contribution in [2.24, 2.45) is 0 Å². The third kappa shape index (κ3) is 3.22. The third-order valence-corrected chi connectivity index (χ3v) is 3.35. The van der Waals surface area contributed by atoms with E-state index in [-0.39, 0.29) is 6.10 Å². The number of aliphatic carboxylic acids is 1. The molecule has 2 rings (SSSR count). The quantitative estimate of drug-likeness (QED) is 0.833. The number of rotatable bonds is 6. The lowest BCUT2D eigenvalue weighted by molar-refractivity contribution is -0.139. The summed E-state index contributed by atoms with van der Waals surface area (Å²) in [5.74, 6) is 0.809. The lowest BCUT2D eigenvalue weighted by atomic mass is 10.1. The molecule has 0 bridgehead atoms. The van der Waals surface area contributed by atoms with Crippen LogP contribution in [0.3, 0.4) is 0 Å². The number of fused-ring (bicyclic) bond motifs is 1. The molecule has 20 heavy (non-hydrogen) atoms. The summed E-state index contributed by atoms with van der Waals surface area (Å²) in [6.07, 6.45) is 1.06. The molecule has 0 aliphatic carbocycles. The van der Waals surface area contributed by atoms with Crippen LogP contribution in [-0.2, 0) is 17.8 Å². The van der Waals surface area contributed by atoms with Crippen molar-refractivity contribution >= 4 is 5.97 Å². The Kier molecular flexibility index (Phi) is 4.49. The predicted molar refractivity (Wildman–Crippen MR) is 75.3 cm³/mol. The normalized spacial score (nSPS) is 18.2. The molecule has 0 saturated heterocycles. The van der Waals surface area contributed by atoms with E-state index < -0.39 is 12.0 Å². The lowest BCUT2D eigenvalue weighted by Gasteiger charge is -2.14. The highest BCUT2D eigenvalue weighted by Gasteiger charge is 2.22. The zero-order valence-corrected chi connectivity index (χ0v) is 12.1. The fraction of sp³-hybridized carbons (Fsp3) is 0.533. The Hall–Kier alpha value is -1.75. The Balaban J connectivity index is 2.18. The molecule has 2 N–H and O–H groups in total. The van der Waals surface area contributed by atoms with E-state index >= 15 is 0 Å². The van der Waals surface area contributed by atoms with Gasteiger partial charge in [0.15, 0.2) is 0 Å². The highest BCUT2D eigenvalue weighted by atomic mass is 16.5. The third-order valence-electron chi connectivity index (χ3n) is 3.35. The number of carboxylic acid groups (broad SMARTS) is 1. The number of carboxylic acids is 1. The van der Waals surface area contributed by atoms with E-state index in [1.807, 2.05) is 26.0 Å². The Morgan fingerprint density at radius 2 is 2.35 bits per heavy atom. The van der Waals surface area contributed by atoms with Gasteiger partial charge in [-0.05, 0) is 32.9 Å². The number of hydrogen-bond donors (Lipinski definition) is 2. The average molecular weight is 279 g/mol. The number of benzene rings is 1. The molecule has 0 amide bonds. The molecule has 1 aliphatic rings. The zero-order valence-electron chi connectivity index (χ0n) is 12.1. The van der Waals surface area contributed by atoms with Gasteiger partial charge in [-0.25, -0.2) is 0 Å². The fourth-order valence-electron chi connectivity index (χ4n) is 2.26. The van der Waals surface area contributed by atoms with Crippen LogP contribution in [0, 0.1) is 0 Å². The van der Waals surface area contributed by atoms with E-state index in [0.29, 0.717) is 13.2 Å². The van der Waals surface area contributed by atoms with Gasteiger partial charge in [0.25, 0.3) is 0 Å². The molecular formula is C15H21NO4. The van der Waals surface area contributed by atoms with Gasteiger partial charge < -0.3 is 19.9 Å². The van der Waals surface area contributed by atoms with Gasteiger partial charge in [0.2, 0.25) is 0 Å². The van der Waals surface area contributed by atoms with Crippen molar-refractivity contribution in [2.75, 3.05) is 6.61 Å². The second-order valence-corrected chi connectivity index (χ2v) is 5.07. The van der Waals surface area contributed by atoms with Crippen molar-refractivity contribution in [1.82, 2.24) is 5.32 Å². The van der Waals surface area contributed by atoms with Gasteiger partial charge >= 0.3 is 5.97 Å². The summed E-state index contributed by atoms with van der Waals surface area (Å²) in [5, 5.41) is 11.9. The van der Waals surface area contributed by atoms with Gasteiger partial charge in [0, 0.05) is 24.1 Å². The predicted octanol–water partition coefficient (Wildman–Crippen LogP) is 1.97. The molecule has 0 saturated carbocycles. The molecule has 110 valence electrons. The summed E-state index contributed by atoms with van der Waals surface area (Å²) < 4.78 is 11.4. The van der Waals surface area contributed by atoms with Gasteiger partial charge in [-0.3, -0.25) is 4.79 Å². The molecule has 5 nitrogen and oxygen atoms in total. The number of nitrogens with one attached hydrogen (secondary N) is 1. The monoisotopic (exact) mass is 279 g/mol. The highest BCUT2D eigenvalue weighted by Crippen LogP contribution is 2.35. The van der Waals surface area contributed by atoms with Gasteiger partial charge in [-0.15, -0.1) is 0 Å². The molecule has 0 spiro atoms. The van der Waals surface area contributed by atoms with Crippen LogP contribution in [0.2, 0.25) is 0 Å². The highest BCUT2D eigenvalue weighted by molar-refractivity contribution is 5.72. The molecule has 2 unspecified atom stereocenters.